The zero-order chi connectivity index (χ0) is 10.1. The minimum Gasteiger partial charge on any atom is -0.489 e. The average Bonchev–Trinajstić information content (AvgIpc) is 2.29. The maximum absolute atomic E-state index is 12.8. The minimum atomic E-state index is -0.717. The quantitative estimate of drug-likeness (QED) is 0.634. The van der Waals surface area contributed by atoms with Crippen molar-refractivity contribution in [2.75, 3.05) is 11.9 Å². The van der Waals surface area contributed by atoms with Gasteiger partial charge in [0.1, 0.15) is 24.2 Å². The van der Waals surface area contributed by atoms with Gasteiger partial charge in [0.15, 0.2) is 0 Å². The van der Waals surface area contributed by atoms with E-state index in [2.05, 4.69) is 5.32 Å². The Morgan fingerprint density at radius 1 is 1.57 bits per heavy atom. The van der Waals surface area contributed by atoms with Crippen LogP contribution in [0.15, 0.2) is 18.2 Å². The van der Waals surface area contributed by atoms with Crippen LogP contribution >= 0.6 is 0 Å². The van der Waals surface area contributed by atoms with Crippen molar-refractivity contribution in [3.05, 3.63) is 24.0 Å². The lowest BCUT2D eigenvalue weighted by atomic mass is 10.3. The molecular formula is C9H9FN2O2. The Kier molecular flexibility index (Phi) is 2.09. The van der Waals surface area contributed by atoms with E-state index < -0.39 is 11.9 Å². The van der Waals surface area contributed by atoms with Gasteiger partial charge in [0.05, 0.1) is 5.69 Å². The summed E-state index contributed by atoms with van der Waals surface area (Å²) in [5, 5.41) is 2.54. The Morgan fingerprint density at radius 2 is 2.36 bits per heavy atom. The number of nitrogens with two attached hydrogens (primary N) is 1. The number of anilines is 1. The largest absolute Gasteiger partial charge is 0.489 e. The number of benzene rings is 1. The molecular weight excluding hydrogens is 187 g/mol. The molecule has 1 unspecified atom stereocenters. The molecule has 14 heavy (non-hydrogen) atoms. The minimum absolute atomic E-state index is 0.0578. The summed E-state index contributed by atoms with van der Waals surface area (Å²) < 4.78 is 18.0. The molecule has 0 saturated heterocycles. The van der Waals surface area contributed by atoms with Crippen LogP contribution < -0.4 is 15.8 Å². The molecule has 4 nitrogen and oxygen atoms in total. The van der Waals surface area contributed by atoms with Crippen molar-refractivity contribution in [1.82, 2.24) is 0 Å². The van der Waals surface area contributed by atoms with Crippen LogP contribution in [0.1, 0.15) is 0 Å². The highest BCUT2D eigenvalue weighted by molar-refractivity contribution is 5.96. The predicted octanol–water partition coefficient (Wildman–Crippen LogP) is 0.484. The summed E-state index contributed by atoms with van der Waals surface area (Å²) >= 11 is 0. The van der Waals surface area contributed by atoms with Crippen molar-refractivity contribution in [3.63, 3.8) is 0 Å². The molecule has 0 spiro atoms. The van der Waals surface area contributed by atoms with Crippen LogP contribution in [0.4, 0.5) is 10.1 Å². The summed E-state index contributed by atoms with van der Waals surface area (Å²) in [6.07, 6.45) is 0. The molecule has 2 rings (SSSR count). The van der Waals surface area contributed by atoms with Crippen LogP contribution in [0, 0.1) is 5.82 Å². The Balaban J connectivity index is 2.37. The molecule has 1 heterocycles. The summed E-state index contributed by atoms with van der Waals surface area (Å²) in [5.41, 5.74) is 5.91. The SMILES string of the molecule is NC1COc2cc(F)ccc2NC1=O. The van der Waals surface area contributed by atoms with Gasteiger partial charge in [-0.1, -0.05) is 0 Å². The Labute approximate surface area is 79.9 Å². The highest BCUT2D eigenvalue weighted by Crippen LogP contribution is 2.27. The summed E-state index contributed by atoms with van der Waals surface area (Å²) in [7, 11) is 0. The number of fused-ring (bicyclic) bond motifs is 1. The number of carbonyl (C=O) groups is 1. The van der Waals surface area contributed by atoms with E-state index in [0.717, 1.165) is 0 Å². The van der Waals surface area contributed by atoms with Gasteiger partial charge in [-0.3, -0.25) is 4.79 Å². The molecule has 1 aliphatic heterocycles. The molecule has 3 N–H and O–H groups in total. The first-order chi connectivity index (χ1) is 6.66. The molecule has 1 aromatic rings. The third-order valence-electron chi connectivity index (χ3n) is 1.96. The molecule has 5 heteroatoms. The summed E-state index contributed by atoms with van der Waals surface area (Å²) in [5.74, 6) is -0.421. The molecule has 0 bridgehead atoms. The van der Waals surface area contributed by atoms with Crippen molar-refractivity contribution >= 4 is 11.6 Å². The average molecular weight is 196 g/mol. The molecule has 1 aromatic carbocycles. The number of halogens is 1. The maximum Gasteiger partial charge on any atom is 0.244 e. The van der Waals surface area contributed by atoms with Gasteiger partial charge < -0.3 is 15.8 Å². The molecule has 0 fully saturated rings. The monoisotopic (exact) mass is 196 g/mol. The molecule has 0 aliphatic carbocycles. The van der Waals surface area contributed by atoms with Gasteiger partial charge >= 0.3 is 0 Å². The third-order valence-corrected chi connectivity index (χ3v) is 1.96. The second-order valence-electron chi connectivity index (χ2n) is 3.05. The second-order valence-corrected chi connectivity index (χ2v) is 3.05. The van der Waals surface area contributed by atoms with Gasteiger partial charge in [-0.2, -0.15) is 0 Å². The first-order valence-electron chi connectivity index (χ1n) is 4.15. The molecule has 0 radical (unpaired) electrons. The highest BCUT2D eigenvalue weighted by atomic mass is 19.1. The smallest absolute Gasteiger partial charge is 0.244 e. The first-order valence-corrected chi connectivity index (χ1v) is 4.15. The van der Waals surface area contributed by atoms with Gasteiger partial charge in [0.2, 0.25) is 5.91 Å². The summed E-state index contributed by atoms with van der Waals surface area (Å²) in [6, 6.07) is 3.19. The maximum atomic E-state index is 12.8. The Bertz CT molecular complexity index is 381. The second kappa shape index (κ2) is 3.26. The van der Waals surface area contributed by atoms with Crippen molar-refractivity contribution in [1.29, 1.82) is 0 Å². The number of hydrogen-bond donors (Lipinski definition) is 2. The van der Waals surface area contributed by atoms with Crippen LogP contribution in [0.25, 0.3) is 0 Å². The van der Waals surface area contributed by atoms with Crippen LogP contribution in [0.2, 0.25) is 0 Å². The predicted molar refractivity (Wildman–Crippen MR) is 48.5 cm³/mol. The van der Waals surface area contributed by atoms with E-state index in [-0.39, 0.29) is 12.5 Å². The zero-order valence-corrected chi connectivity index (χ0v) is 7.29. The standard InChI is InChI=1S/C9H9FN2O2/c10-5-1-2-7-8(3-5)14-4-6(11)9(13)12-7/h1-3,6H,4,11H2,(H,12,13). The summed E-state index contributed by atoms with van der Waals surface area (Å²) in [4.78, 5) is 11.3. The number of amides is 1. The molecule has 0 saturated carbocycles. The zero-order valence-electron chi connectivity index (χ0n) is 7.29. The lowest BCUT2D eigenvalue weighted by Crippen LogP contribution is -2.38. The highest BCUT2D eigenvalue weighted by Gasteiger charge is 2.21. The fraction of sp³-hybridized carbons (Fsp3) is 0.222. The Morgan fingerprint density at radius 3 is 3.14 bits per heavy atom. The third kappa shape index (κ3) is 1.54. The number of nitrogens with one attached hydrogen (secondary N) is 1. The van der Waals surface area contributed by atoms with E-state index in [9.17, 15) is 9.18 Å². The van der Waals surface area contributed by atoms with Crippen LogP contribution in [0.5, 0.6) is 5.75 Å². The van der Waals surface area contributed by atoms with E-state index in [1.165, 1.54) is 18.2 Å². The normalized spacial score (nSPS) is 20.4. The molecule has 1 aliphatic rings. The van der Waals surface area contributed by atoms with Gasteiger partial charge in [0, 0.05) is 6.07 Å². The van der Waals surface area contributed by atoms with E-state index in [1.54, 1.807) is 0 Å². The fourth-order valence-corrected chi connectivity index (χ4v) is 1.20. The van der Waals surface area contributed by atoms with Crippen LogP contribution in [0.3, 0.4) is 0 Å². The van der Waals surface area contributed by atoms with Crippen molar-refractivity contribution in [2.24, 2.45) is 5.73 Å². The topological polar surface area (TPSA) is 64.3 Å². The first kappa shape index (κ1) is 8.96. The number of carbonyl (C=O) groups excluding carboxylic acids is 1. The lowest BCUT2D eigenvalue weighted by Gasteiger charge is -2.05. The van der Waals surface area contributed by atoms with E-state index in [0.29, 0.717) is 11.4 Å². The van der Waals surface area contributed by atoms with Gasteiger partial charge in [0.25, 0.3) is 0 Å². The van der Waals surface area contributed by atoms with Crippen LogP contribution in [-0.4, -0.2) is 18.6 Å². The lowest BCUT2D eigenvalue weighted by molar-refractivity contribution is -0.117. The summed E-state index contributed by atoms with van der Waals surface area (Å²) in [6.45, 7) is 0.0578. The van der Waals surface area contributed by atoms with Gasteiger partial charge in [-0.05, 0) is 12.1 Å². The van der Waals surface area contributed by atoms with E-state index >= 15 is 0 Å². The fourth-order valence-electron chi connectivity index (χ4n) is 1.20. The van der Waals surface area contributed by atoms with Crippen molar-refractivity contribution in [2.45, 2.75) is 6.04 Å². The van der Waals surface area contributed by atoms with Crippen molar-refractivity contribution in [3.8, 4) is 5.75 Å². The van der Waals surface area contributed by atoms with E-state index in [1.807, 2.05) is 0 Å². The van der Waals surface area contributed by atoms with Gasteiger partial charge in [-0.15, -0.1) is 0 Å². The van der Waals surface area contributed by atoms with Crippen LogP contribution in [-0.2, 0) is 4.79 Å². The molecule has 1 atom stereocenters. The van der Waals surface area contributed by atoms with E-state index in [4.69, 9.17) is 10.5 Å². The Hall–Kier alpha value is -1.62. The number of rotatable bonds is 0. The molecule has 0 aromatic heterocycles. The van der Waals surface area contributed by atoms with Crippen molar-refractivity contribution < 1.29 is 13.9 Å². The number of ether oxygens (including phenoxy) is 1. The van der Waals surface area contributed by atoms with Gasteiger partial charge in [-0.25, -0.2) is 4.39 Å². The molecule has 74 valence electrons. The molecule has 1 amide bonds. The number of hydrogen-bond acceptors (Lipinski definition) is 3.